The van der Waals surface area contributed by atoms with Crippen molar-refractivity contribution in [3.63, 3.8) is 0 Å². The standard InChI is InChI=1S/C18H28N4O3.HI/c1-19-18(21-11-12-24-2)20-10-9-14-3-7-16(8-4-14)25-13-17(23)22-15-5-6-15;/h3-4,7-8,15H,5-6,9-13H2,1-2H3,(H,22,23)(H2,19,20,21);1H. The summed E-state index contributed by atoms with van der Waals surface area (Å²) in [4.78, 5) is 15.7. The number of benzene rings is 1. The van der Waals surface area contributed by atoms with E-state index >= 15 is 0 Å². The molecule has 1 aliphatic carbocycles. The predicted molar refractivity (Wildman–Crippen MR) is 113 cm³/mol. The molecule has 1 fully saturated rings. The smallest absolute Gasteiger partial charge is 0.258 e. The molecule has 0 spiro atoms. The molecule has 3 N–H and O–H groups in total. The summed E-state index contributed by atoms with van der Waals surface area (Å²) in [5.41, 5.74) is 1.19. The van der Waals surface area contributed by atoms with Gasteiger partial charge in [-0.05, 0) is 37.0 Å². The molecule has 1 aliphatic rings. The zero-order valence-electron chi connectivity index (χ0n) is 15.4. The Kier molecular flexibility index (Phi) is 11.0. The van der Waals surface area contributed by atoms with Crippen molar-refractivity contribution in [3.05, 3.63) is 29.8 Å². The Morgan fingerprint density at radius 2 is 1.88 bits per heavy atom. The van der Waals surface area contributed by atoms with E-state index in [4.69, 9.17) is 9.47 Å². The Morgan fingerprint density at radius 3 is 2.50 bits per heavy atom. The van der Waals surface area contributed by atoms with Gasteiger partial charge in [0.2, 0.25) is 0 Å². The SMILES string of the molecule is CN=C(NCCOC)NCCc1ccc(OCC(=O)NC2CC2)cc1.I. The third kappa shape index (κ3) is 9.23. The summed E-state index contributed by atoms with van der Waals surface area (Å²) in [6.45, 7) is 2.20. The first-order valence-electron chi connectivity index (χ1n) is 8.66. The first kappa shape index (κ1) is 22.5. The van der Waals surface area contributed by atoms with Gasteiger partial charge in [-0.25, -0.2) is 0 Å². The van der Waals surface area contributed by atoms with Crippen LogP contribution in [0.5, 0.6) is 5.75 Å². The van der Waals surface area contributed by atoms with Gasteiger partial charge in [-0.3, -0.25) is 9.79 Å². The fourth-order valence-corrected chi connectivity index (χ4v) is 2.22. The molecule has 0 bridgehead atoms. The van der Waals surface area contributed by atoms with Gasteiger partial charge >= 0.3 is 0 Å². The lowest BCUT2D eigenvalue weighted by atomic mass is 10.1. The topological polar surface area (TPSA) is 84.0 Å². The number of hydrogen-bond acceptors (Lipinski definition) is 4. The summed E-state index contributed by atoms with van der Waals surface area (Å²) >= 11 is 0. The van der Waals surface area contributed by atoms with Gasteiger partial charge in [0.1, 0.15) is 5.75 Å². The molecule has 0 aromatic heterocycles. The van der Waals surface area contributed by atoms with Gasteiger partial charge in [-0.2, -0.15) is 0 Å². The molecule has 1 saturated carbocycles. The van der Waals surface area contributed by atoms with Crippen molar-refractivity contribution in [2.45, 2.75) is 25.3 Å². The van der Waals surface area contributed by atoms with Gasteiger partial charge in [-0.15, -0.1) is 24.0 Å². The Balaban J connectivity index is 0.00000338. The van der Waals surface area contributed by atoms with Crippen LogP contribution >= 0.6 is 24.0 Å². The van der Waals surface area contributed by atoms with E-state index in [1.807, 2.05) is 24.3 Å². The molecule has 26 heavy (non-hydrogen) atoms. The molecule has 0 atom stereocenters. The normalized spacial score (nSPS) is 13.5. The lowest BCUT2D eigenvalue weighted by Gasteiger charge is -2.11. The number of amides is 1. The number of carbonyl (C=O) groups is 1. The second-order valence-corrected chi connectivity index (χ2v) is 5.94. The van der Waals surface area contributed by atoms with Gasteiger partial charge in [0.05, 0.1) is 6.61 Å². The van der Waals surface area contributed by atoms with Gasteiger partial charge in [0.15, 0.2) is 12.6 Å². The van der Waals surface area contributed by atoms with E-state index in [0.29, 0.717) is 18.4 Å². The zero-order valence-corrected chi connectivity index (χ0v) is 17.7. The number of methoxy groups -OCH3 is 1. The maximum Gasteiger partial charge on any atom is 0.258 e. The molecule has 0 unspecified atom stereocenters. The molecule has 0 radical (unpaired) electrons. The summed E-state index contributed by atoms with van der Waals surface area (Å²) in [5.74, 6) is 1.42. The van der Waals surface area contributed by atoms with Crippen molar-refractivity contribution >= 4 is 35.8 Å². The maximum absolute atomic E-state index is 11.6. The average Bonchev–Trinajstić information content (AvgIpc) is 3.43. The van der Waals surface area contributed by atoms with Crippen molar-refractivity contribution < 1.29 is 14.3 Å². The van der Waals surface area contributed by atoms with E-state index in [-0.39, 0.29) is 36.5 Å². The first-order chi connectivity index (χ1) is 12.2. The Hall–Kier alpha value is -1.55. The predicted octanol–water partition coefficient (Wildman–Crippen LogP) is 1.32. The highest BCUT2D eigenvalue weighted by Gasteiger charge is 2.23. The zero-order chi connectivity index (χ0) is 17.9. The Labute approximate surface area is 172 Å². The minimum atomic E-state index is -0.0527. The molecule has 1 aromatic carbocycles. The number of guanidine groups is 1. The third-order valence-corrected chi connectivity index (χ3v) is 3.76. The van der Waals surface area contributed by atoms with E-state index < -0.39 is 0 Å². The molecule has 146 valence electrons. The van der Waals surface area contributed by atoms with E-state index in [1.165, 1.54) is 5.56 Å². The lowest BCUT2D eigenvalue weighted by molar-refractivity contribution is -0.123. The fraction of sp³-hybridized carbons (Fsp3) is 0.556. The summed E-state index contributed by atoms with van der Waals surface area (Å²) in [6.07, 6.45) is 3.04. The number of rotatable bonds is 10. The van der Waals surface area contributed by atoms with Crippen molar-refractivity contribution in [2.24, 2.45) is 4.99 Å². The Bertz CT molecular complexity index is 562. The van der Waals surface area contributed by atoms with E-state index in [9.17, 15) is 4.79 Å². The fourth-order valence-electron chi connectivity index (χ4n) is 2.22. The minimum absolute atomic E-state index is 0. The molecule has 8 heteroatoms. The van der Waals surface area contributed by atoms with E-state index in [1.54, 1.807) is 14.2 Å². The van der Waals surface area contributed by atoms with Crippen LogP contribution in [-0.4, -0.2) is 58.4 Å². The van der Waals surface area contributed by atoms with Crippen molar-refractivity contribution in [3.8, 4) is 5.75 Å². The quantitative estimate of drug-likeness (QED) is 0.205. The number of halogens is 1. The monoisotopic (exact) mass is 476 g/mol. The lowest BCUT2D eigenvalue weighted by Crippen LogP contribution is -2.39. The van der Waals surface area contributed by atoms with Crippen LogP contribution in [0.3, 0.4) is 0 Å². The van der Waals surface area contributed by atoms with Gasteiger partial charge in [0.25, 0.3) is 5.91 Å². The summed E-state index contributed by atoms with van der Waals surface area (Å²) in [7, 11) is 3.42. The number of hydrogen-bond donors (Lipinski definition) is 3. The number of nitrogens with one attached hydrogen (secondary N) is 3. The highest BCUT2D eigenvalue weighted by Crippen LogP contribution is 2.18. The van der Waals surface area contributed by atoms with Crippen LogP contribution in [0, 0.1) is 0 Å². The second-order valence-electron chi connectivity index (χ2n) is 5.94. The number of nitrogens with zero attached hydrogens (tertiary/aromatic N) is 1. The molecule has 0 aliphatic heterocycles. The van der Waals surface area contributed by atoms with Crippen LogP contribution in [0.1, 0.15) is 18.4 Å². The van der Waals surface area contributed by atoms with E-state index in [0.717, 1.165) is 38.3 Å². The molecule has 1 aromatic rings. The van der Waals surface area contributed by atoms with Crippen LogP contribution in [0.2, 0.25) is 0 Å². The second kappa shape index (κ2) is 12.7. The van der Waals surface area contributed by atoms with Crippen molar-refractivity contribution in [1.82, 2.24) is 16.0 Å². The van der Waals surface area contributed by atoms with Crippen LogP contribution in [0.4, 0.5) is 0 Å². The summed E-state index contributed by atoms with van der Waals surface area (Å²) < 4.78 is 10.5. The molecule has 2 rings (SSSR count). The average molecular weight is 476 g/mol. The largest absolute Gasteiger partial charge is 0.484 e. The number of ether oxygens (including phenoxy) is 2. The van der Waals surface area contributed by atoms with Gasteiger partial charge in [-0.1, -0.05) is 12.1 Å². The molecule has 0 heterocycles. The van der Waals surface area contributed by atoms with Crippen LogP contribution in [0.25, 0.3) is 0 Å². The maximum atomic E-state index is 11.6. The molecule has 0 saturated heterocycles. The molecular weight excluding hydrogens is 447 g/mol. The van der Waals surface area contributed by atoms with Gasteiger partial charge < -0.3 is 25.4 Å². The summed E-state index contributed by atoms with van der Waals surface area (Å²) in [5, 5.41) is 9.32. The van der Waals surface area contributed by atoms with Crippen LogP contribution < -0.4 is 20.7 Å². The van der Waals surface area contributed by atoms with Crippen LogP contribution in [0.15, 0.2) is 29.3 Å². The highest BCUT2D eigenvalue weighted by atomic mass is 127. The molecule has 7 nitrogen and oxygen atoms in total. The Morgan fingerprint density at radius 1 is 1.19 bits per heavy atom. The highest BCUT2D eigenvalue weighted by molar-refractivity contribution is 14.0. The number of carbonyl (C=O) groups excluding carboxylic acids is 1. The van der Waals surface area contributed by atoms with Crippen LogP contribution in [-0.2, 0) is 16.0 Å². The molecular formula is C18H29IN4O3. The van der Waals surface area contributed by atoms with E-state index in [2.05, 4.69) is 20.9 Å². The summed E-state index contributed by atoms with van der Waals surface area (Å²) in [6, 6.07) is 8.18. The van der Waals surface area contributed by atoms with Crippen molar-refractivity contribution in [1.29, 1.82) is 0 Å². The third-order valence-electron chi connectivity index (χ3n) is 3.76. The minimum Gasteiger partial charge on any atom is -0.484 e. The van der Waals surface area contributed by atoms with Gasteiger partial charge in [0, 0.05) is 33.3 Å². The molecule has 1 amide bonds. The first-order valence-corrected chi connectivity index (χ1v) is 8.66. The number of aliphatic imine (C=N–C) groups is 1. The van der Waals surface area contributed by atoms with Crippen molar-refractivity contribution in [2.75, 3.05) is 40.5 Å².